The largest absolute Gasteiger partial charge is 0.489 e. The van der Waals surface area contributed by atoms with Crippen LogP contribution in [0.1, 0.15) is 19.4 Å². The van der Waals surface area contributed by atoms with Gasteiger partial charge in [-0.25, -0.2) is 8.78 Å². The van der Waals surface area contributed by atoms with Gasteiger partial charge in [0.25, 0.3) is 0 Å². The van der Waals surface area contributed by atoms with Gasteiger partial charge in [0.2, 0.25) is 0 Å². The molecule has 0 spiro atoms. The van der Waals surface area contributed by atoms with Gasteiger partial charge in [-0.15, -0.1) is 0 Å². The molecule has 1 aromatic rings. The second-order valence-electron chi connectivity index (χ2n) is 3.15. The fraction of sp³-hybridized carbons (Fsp3) is 0.455. The van der Waals surface area contributed by atoms with Crippen molar-refractivity contribution in [3.8, 4) is 5.75 Å². The maximum Gasteiger partial charge on any atom is 0.168 e. The standard InChI is InChI=1S/C9H9F2NO.C2H6/c10-6-1-5-2-7(12)4-13-9(5)8(11)3-6;1-2/h1,3,7H,2,4,12H2;1-2H3. The minimum atomic E-state index is -0.651. The van der Waals surface area contributed by atoms with E-state index in [2.05, 4.69) is 0 Å². The minimum absolute atomic E-state index is 0.142. The van der Waals surface area contributed by atoms with E-state index in [4.69, 9.17) is 10.5 Å². The molecule has 15 heavy (non-hydrogen) atoms. The highest BCUT2D eigenvalue weighted by molar-refractivity contribution is 5.37. The molecule has 1 heterocycles. The Balaban J connectivity index is 0.000000531. The van der Waals surface area contributed by atoms with Crippen molar-refractivity contribution in [3.63, 3.8) is 0 Å². The van der Waals surface area contributed by atoms with Gasteiger partial charge in [0.05, 0.1) is 0 Å². The Morgan fingerprint density at radius 3 is 2.67 bits per heavy atom. The van der Waals surface area contributed by atoms with Crippen molar-refractivity contribution in [2.24, 2.45) is 5.73 Å². The van der Waals surface area contributed by atoms with Crippen LogP contribution in [0.2, 0.25) is 0 Å². The monoisotopic (exact) mass is 215 g/mol. The second kappa shape index (κ2) is 5.07. The highest BCUT2D eigenvalue weighted by atomic mass is 19.1. The lowest BCUT2D eigenvalue weighted by molar-refractivity contribution is 0.249. The first kappa shape index (κ1) is 11.9. The van der Waals surface area contributed by atoms with Gasteiger partial charge in [0.15, 0.2) is 11.6 Å². The highest BCUT2D eigenvalue weighted by Gasteiger charge is 2.20. The summed E-state index contributed by atoms with van der Waals surface area (Å²) in [7, 11) is 0. The number of hydrogen-bond donors (Lipinski definition) is 1. The SMILES string of the molecule is CC.NC1COc2c(F)cc(F)cc2C1. The van der Waals surface area contributed by atoms with Crippen molar-refractivity contribution >= 4 is 0 Å². The summed E-state index contributed by atoms with van der Waals surface area (Å²) >= 11 is 0. The average molecular weight is 215 g/mol. The predicted molar refractivity (Wildman–Crippen MR) is 54.9 cm³/mol. The number of fused-ring (bicyclic) bond motifs is 1. The summed E-state index contributed by atoms with van der Waals surface area (Å²) in [4.78, 5) is 0. The molecule has 2 nitrogen and oxygen atoms in total. The average Bonchev–Trinajstić information content (AvgIpc) is 2.19. The zero-order valence-corrected chi connectivity index (χ0v) is 8.89. The van der Waals surface area contributed by atoms with E-state index in [9.17, 15) is 8.78 Å². The molecule has 1 aliphatic heterocycles. The molecular weight excluding hydrogens is 200 g/mol. The first-order chi connectivity index (χ1) is 7.16. The number of nitrogens with two attached hydrogens (primary N) is 1. The summed E-state index contributed by atoms with van der Waals surface area (Å²) in [5, 5.41) is 0. The first-order valence-electron chi connectivity index (χ1n) is 5.03. The van der Waals surface area contributed by atoms with E-state index in [1.807, 2.05) is 13.8 Å². The summed E-state index contributed by atoms with van der Waals surface area (Å²) in [6, 6.07) is 1.90. The molecule has 2 rings (SSSR count). The van der Waals surface area contributed by atoms with Gasteiger partial charge in [-0.2, -0.15) is 0 Å². The molecule has 84 valence electrons. The van der Waals surface area contributed by atoms with E-state index in [0.29, 0.717) is 12.0 Å². The lowest BCUT2D eigenvalue weighted by Gasteiger charge is -2.22. The van der Waals surface area contributed by atoms with Crippen LogP contribution in [-0.4, -0.2) is 12.6 Å². The molecule has 1 unspecified atom stereocenters. The van der Waals surface area contributed by atoms with Gasteiger partial charge >= 0.3 is 0 Å². The van der Waals surface area contributed by atoms with Crippen LogP contribution >= 0.6 is 0 Å². The van der Waals surface area contributed by atoms with Crippen molar-refractivity contribution in [2.75, 3.05) is 6.61 Å². The Hall–Kier alpha value is -1.16. The Kier molecular flexibility index (Phi) is 4.03. The van der Waals surface area contributed by atoms with Crippen LogP contribution < -0.4 is 10.5 Å². The molecule has 1 atom stereocenters. The number of ether oxygens (including phenoxy) is 1. The number of halogens is 2. The second-order valence-corrected chi connectivity index (χ2v) is 3.15. The summed E-state index contributed by atoms with van der Waals surface area (Å²) in [6.45, 7) is 4.29. The molecule has 1 aliphatic rings. The van der Waals surface area contributed by atoms with Crippen molar-refractivity contribution in [1.29, 1.82) is 0 Å². The lowest BCUT2D eigenvalue weighted by Crippen LogP contribution is -2.34. The molecule has 1 aromatic carbocycles. The highest BCUT2D eigenvalue weighted by Crippen LogP contribution is 2.28. The van der Waals surface area contributed by atoms with Crippen molar-refractivity contribution in [2.45, 2.75) is 26.3 Å². The molecule has 2 N–H and O–H groups in total. The zero-order valence-electron chi connectivity index (χ0n) is 8.89. The van der Waals surface area contributed by atoms with Crippen LogP contribution in [0.15, 0.2) is 12.1 Å². The topological polar surface area (TPSA) is 35.2 Å². The third-order valence-electron chi connectivity index (χ3n) is 2.01. The Morgan fingerprint density at radius 1 is 1.33 bits per heavy atom. The van der Waals surface area contributed by atoms with Gasteiger partial charge in [-0.1, -0.05) is 13.8 Å². The third kappa shape index (κ3) is 2.65. The molecule has 0 saturated heterocycles. The number of rotatable bonds is 0. The van der Waals surface area contributed by atoms with Crippen LogP contribution in [0.4, 0.5) is 8.78 Å². The minimum Gasteiger partial charge on any atom is -0.489 e. The van der Waals surface area contributed by atoms with Gasteiger partial charge in [-0.05, 0) is 12.5 Å². The zero-order chi connectivity index (χ0) is 11.4. The van der Waals surface area contributed by atoms with Crippen LogP contribution in [-0.2, 0) is 6.42 Å². The van der Waals surface area contributed by atoms with Crippen molar-refractivity contribution in [1.82, 2.24) is 0 Å². The summed E-state index contributed by atoms with van der Waals surface area (Å²) < 4.78 is 30.9. The Labute approximate surface area is 88.0 Å². The van der Waals surface area contributed by atoms with E-state index in [-0.39, 0.29) is 18.4 Å². The van der Waals surface area contributed by atoms with Crippen LogP contribution in [0.3, 0.4) is 0 Å². The molecule has 0 aliphatic carbocycles. The summed E-state index contributed by atoms with van der Waals surface area (Å²) in [5.41, 5.74) is 6.09. The third-order valence-corrected chi connectivity index (χ3v) is 2.01. The first-order valence-corrected chi connectivity index (χ1v) is 5.03. The van der Waals surface area contributed by atoms with E-state index in [0.717, 1.165) is 6.07 Å². The van der Waals surface area contributed by atoms with Crippen LogP contribution in [0.25, 0.3) is 0 Å². The smallest absolute Gasteiger partial charge is 0.168 e. The van der Waals surface area contributed by atoms with E-state index in [1.54, 1.807) is 0 Å². The Morgan fingerprint density at radius 2 is 2.00 bits per heavy atom. The molecule has 0 bridgehead atoms. The van der Waals surface area contributed by atoms with Crippen molar-refractivity contribution in [3.05, 3.63) is 29.3 Å². The normalized spacial score (nSPS) is 18.3. The Bertz CT molecular complexity index is 342. The molecule has 0 radical (unpaired) electrons. The lowest BCUT2D eigenvalue weighted by atomic mass is 10.0. The quantitative estimate of drug-likeness (QED) is 0.720. The molecule has 0 amide bonds. The maximum absolute atomic E-state index is 13.1. The van der Waals surface area contributed by atoms with Gasteiger partial charge < -0.3 is 10.5 Å². The fourth-order valence-electron chi connectivity index (χ4n) is 1.46. The molecule has 0 saturated carbocycles. The number of benzene rings is 1. The van der Waals surface area contributed by atoms with Gasteiger partial charge in [0.1, 0.15) is 12.4 Å². The van der Waals surface area contributed by atoms with Gasteiger partial charge in [0, 0.05) is 17.7 Å². The summed E-state index contributed by atoms with van der Waals surface area (Å²) in [5.74, 6) is -1.10. The van der Waals surface area contributed by atoms with E-state index >= 15 is 0 Å². The maximum atomic E-state index is 13.1. The van der Waals surface area contributed by atoms with E-state index < -0.39 is 11.6 Å². The molecule has 4 heteroatoms. The molecule has 0 aromatic heterocycles. The van der Waals surface area contributed by atoms with E-state index in [1.165, 1.54) is 6.07 Å². The predicted octanol–water partition coefficient (Wildman–Crippen LogP) is 2.25. The fourth-order valence-corrected chi connectivity index (χ4v) is 1.46. The molecule has 0 fully saturated rings. The number of hydrogen-bond acceptors (Lipinski definition) is 2. The van der Waals surface area contributed by atoms with Crippen molar-refractivity contribution < 1.29 is 13.5 Å². The van der Waals surface area contributed by atoms with Crippen LogP contribution in [0.5, 0.6) is 5.75 Å². The summed E-state index contributed by atoms with van der Waals surface area (Å²) in [6.07, 6.45) is 0.462. The van der Waals surface area contributed by atoms with Crippen LogP contribution in [0, 0.1) is 11.6 Å². The molecular formula is C11H15F2NO. The van der Waals surface area contributed by atoms with Gasteiger partial charge in [-0.3, -0.25) is 0 Å².